The summed E-state index contributed by atoms with van der Waals surface area (Å²) < 4.78 is 3.21. The van der Waals surface area contributed by atoms with Gasteiger partial charge in [0.25, 0.3) is 0 Å². The van der Waals surface area contributed by atoms with Crippen molar-refractivity contribution in [2.45, 2.75) is 6.92 Å². The zero-order valence-corrected chi connectivity index (χ0v) is 16.9. The first-order valence-electron chi connectivity index (χ1n) is 8.63. The van der Waals surface area contributed by atoms with Gasteiger partial charge in [0.15, 0.2) is 5.65 Å². The lowest BCUT2D eigenvalue weighted by atomic mass is 10.0. The Bertz CT molecular complexity index is 1200. The Kier molecular flexibility index (Phi) is 5.07. The van der Waals surface area contributed by atoms with Crippen molar-refractivity contribution in [3.63, 3.8) is 0 Å². The van der Waals surface area contributed by atoms with E-state index in [2.05, 4.69) is 9.71 Å². The fraction of sp³-hybridized carbons (Fsp3) is 0.0952. The fourth-order valence-electron chi connectivity index (χ4n) is 3.08. The second-order valence-electron chi connectivity index (χ2n) is 6.30. The molecule has 2 aromatic carbocycles. The van der Waals surface area contributed by atoms with Crippen LogP contribution in [0.2, 0.25) is 5.02 Å². The summed E-state index contributed by atoms with van der Waals surface area (Å²) in [7, 11) is 0. The zero-order chi connectivity index (χ0) is 19.7. The van der Waals surface area contributed by atoms with Gasteiger partial charge in [-0.1, -0.05) is 53.9 Å². The minimum absolute atomic E-state index is 0.208. The standard InChI is InChI=1S/C21H17ClN4OS/c1-12-10-14(11-15(22)18(12)26-28-2)20-19(13-6-4-3-5-7-13)25-21-16(23-20)8-9-17(27)24-21/h3-11,26H,1-2H3,(H,24,25,27). The van der Waals surface area contributed by atoms with Crippen molar-refractivity contribution in [1.82, 2.24) is 15.0 Å². The molecule has 0 aliphatic heterocycles. The Hall–Kier alpha value is -2.83. The van der Waals surface area contributed by atoms with Crippen LogP contribution in [0.15, 0.2) is 59.4 Å². The van der Waals surface area contributed by atoms with Gasteiger partial charge in [0.1, 0.15) is 5.52 Å². The number of nitrogens with zero attached hydrogens (tertiary/aromatic N) is 2. The number of aryl methyl sites for hydroxylation is 1. The number of H-pyrrole nitrogens is 1. The smallest absolute Gasteiger partial charge is 0.249 e. The molecule has 28 heavy (non-hydrogen) atoms. The van der Waals surface area contributed by atoms with Gasteiger partial charge in [-0.3, -0.25) is 4.79 Å². The molecule has 0 saturated heterocycles. The third-order valence-electron chi connectivity index (χ3n) is 4.37. The molecule has 4 aromatic rings. The quantitative estimate of drug-likeness (QED) is 0.448. The first-order valence-corrected chi connectivity index (χ1v) is 10.2. The topological polar surface area (TPSA) is 70.7 Å². The van der Waals surface area contributed by atoms with Gasteiger partial charge < -0.3 is 9.71 Å². The molecular formula is C21H17ClN4OS. The lowest BCUT2D eigenvalue weighted by Crippen LogP contribution is -2.06. The molecule has 5 nitrogen and oxygen atoms in total. The zero-order valence-electron chi connectivity index (χ0n) is 15.3. The Morgan fingerprint density at radius 2 is 1.75 bits per heavy atom. The van der Waals surface area contributed by atoms with Gasteiger partial charge in [0, 0.05) is 23.4 Å². The molecule has 0 aliphatic rings. The molecule has 0 bridgehead atoms. The minimum Gasteiger partial charge on any atom is -0.328 e. The summed E-state index contributed by atoms with van der Waals surface area (Å²) in [4.78, 5) is 24.0. The predicted molar refractivity (Wildman–Crippen MR) is 118 cm³/mol. The van der Waals surface area contributed by atoms with E-state index in [4.69, 9.17) is 21.6 Å². The number of aromatic amines is 1. The minimum atomic E-state index is -0.208. The van der Waals surface area contributed by atoms with E-state index in [1.807, 2.05) is 55.6 Å². The maximum atomic E-state index is 11.7. The third-order valence-corrected chi connectivity index (χ3v) is 5.08. The van der Waals surface area contributed by atoms with E-state index in [0.717, 1.165) is 22.4 Å². The summed E-state index contributed by atoms with van der Waals surface area (Å²) in [5.74, 6) is 0. The summed E-state index contributed by atoms with van der Waals surface area (Å²) in [6, 6.07) is 16.8. The van der Waals surface area contributed by atoms with E-state index in [1.54, 1.807) is 6.07 Å². The van der Waals surface area contributed by atoms with Crippen LogP contribution in [0.1, 0.15) is 5.56 Å². The first-order chi connectivity index (χ1) is 13.6. The molecule has 140 valence electrons. The number of pyridine rings is 1. The van der Waals surface area contributed by atoms with Crippen molar-refractivity contribution < 1.29 is 0 Å². The van der Waals surface area contributed by atoms with E-state index in [0.29, 0.717) is 27.6 Å². The van der Waals surface area contributed by atoms with Gasteiger partial charge in [0.05, 0.1) is 22.1 Å². The Morgan fingerprint density at radius 1 is 1.00 bits per heavy atom. The van der Waals surface area contributed by atoms with E-state index in [1.165, 1.54) is 18.0 Å². The molecule has 0 amide bonds. The van der Waals surface area contributed by atoms with Crippen LogP contribution in [0.3, 0.4) is 0 Å². The van der Waals surface area contributed by atoms with Crippen molar-refractivity contribution in [1.29, 1.82) is 0 Å². The van der Waals surface area contributed by atoms with Gasteiger partial charge in [0.2, 0.25) is 5.56 Å². The second kappa shape index (κ2) is 7.66. The van der Waals surface area contributed by atoms with Crippen LogP contribution in [0.25, 0.3) is 33.7 Å². The first kappa shape index (κ1) is 18.5. The van der Waals surface area contributed by atoms with Gasteiger partial charge in [-0.2, -0.15) is 0 Å². The summed E-state index contributed by atoms with van der Waals surface area (Å²) in [5.41, 5.74) is 5.96. The molecule has 0 spiro atoms. The van der Waals surface area contributed by atoms with Crippen LogP contribution in [0.4, 0.5) is 5.69 Å². The predicted octanol–water partition coefficient (Wildman–Crippen LogP) is 5.30. The molecule has 0 aliphatic carbocycles. The summed E-state index contributed by atoms with van der Waals surface area (Å²) in [6.45, 7) is 2.00. The highest BCUT2D eigenvalue weighted by molar-refractivity contribution is 7.99. The van der Waals surface area contributed by atoms with Crippen LogP contribution in [0.5, 0.6) is 0 Å². The average molecular weight is 409 g/mol. The number of halogens is 1. The van der Waals surface area contributed by atoms with Crippen LogP contribution in [-0.4, -0.2) is 21.2 Å². The van der Waals surface area contributed by atoms with Gasteiger partial charge in [-0.05, 0) is 30.7 Å². The number of nitrogens with one attached hydrogen (secondary N) is 2. The van der Waals surface area contributed by atoms with Crippen molar-refractivity contribution in [2.24, 2.45) is 0 Å². The number of benzene rings is 2. The highest BCUT2D eigenvalue weighted by atomic mass is 35.5. The number of rotatable bonds is 4. The Labute approximate surface area is 171 Å². The molecule has 0 radical (unpaired) electrons. The summed E-state index contributed by atoms with van der Waals surface area (Å²) in [5, 5.41) is 0.617. The van der Waals surface area contributed by atoms with Crippen molar-refractivity contribution in [3.05, 3.63) is 75.5 Å². The van der Waals surface area contributed by atoms with E-state index < -0.39 is 0 Å². The Balaban J connectivity index is 2.00. The fourth-order valence-corrected chi connectivity index (χ4v) is 3.93. The van der Waals surface area contributed by atoms with Crippen LogP contribution in [-0.2, 0) is 0 Å². The van der Waals surface area contributed by atoms with E-state index >= 15 is 0 Å². The molecule has 0 atom stereocenters. The number of hydrogen-bond acceptors (Lipinski definition) is 5. The van der Waals surface area contributed by atoms with Crippen molar-refractivity contribution in [2.75, 3.05) is 11.0 Å². The van der Waals surface area contributed by atoms with Crippen LogP contribution in [0, 0.1) is 6.92 Å². The largest absolute Gasteiger partial charge is 0.328 e. The average Bonchev–Trinajstić information content (AvgIpc) is 2.70. The lowest BCUT2D eigenvalue weighted by molar-refractivity contribution is 1.19. The highest BCUT2D eigenvalue weighted by Gasteiger charge is 2.16. The number of hydrogen-bond donors (Lipinski definition) is 2. The summed E-state index contributed by atoms with van der Waals surface area (Å²) in [6.07, 6.45) is 1.95. The monoisotopic (exact) mass is 408 g/mol. The van der Waals surface area contributed by atoms with Gasteiger partial charge in [-0.25, -0.2) is 9.97 Å². The van der Waals surface area contributed by atoms with Gasteiger partial charge >= 0.3 is 0 Å². The molecule has 4 rings (SSSR count). The lowest BCUT2D eigenvalue weighted by Gasteiger charge is -2.14. The molecule has 0 fully saturated rings. The molecule has 7 heteroatoms. The number of anilines is 1. The maximum absolute atomic E-state index is 11.7. The normalized spacial score (nSPS) is 11.0. The molecule has 2 N–H and O–H groups in total. The Morgan fingerprint density at radius 3 is 2.46 bits per heavy atom. The van der Waals surface area contributed by atoms with Crippen LogP contribution < -0.4 is 10.3 Å². The van der Waals surface area contributed by atoms with Gasteiger partial charge in [-0.15, -0.1) is 0 Å². The molecule has 2 heterocycles. The van der Waals surface area contributed by atoms with Crippen molar-refractivity contribution >= 4 is 40.4 Å². The molecular weight excluding hydrogens is 392 g/mol. The third kappa shape index (κ3) is 3.48. The molecule has 0 saturated carbocycles. The second-order valence-corrected chi connectivity index (χ2v) is 7.32. The van der Waals surface area contributed by atoms with E-state index in [9.17, 15) is 4.79 Å². The highest BCUT2D eigenvalue weighted by Crippen LogP contribution is 2.36. The van der Waals surface area contributed by atoms with Crippen molar-refractivity contribution in [3.8, 4) is 22.5 Å². The molecule has 0 unspecified atom stereocenters. The maximum Gasteiger partial charge on any atom is 0.249 e. The summed E-state index contributed by atoms with van der Waals surface area (Å²) >= 11 is 8.02. The SMILES string of the molecule is CSNc1c(C)cc(-c2nc3ccc(=O)[nH]c3nc2-c2ccccc2)cc1Cl. The van der Waals surface area contributed by atoms with Crippen LogP contribution >= 0.6 is 23.5 Å². The van der Waals surface area contributed by atoms with E-state index in [-0.39, 0.29) is 5.56 Å². The number of aromatic nitrogens is 3. The molecule has 2 aromatic heterocycles. The number of fused-ring (bicyclic) bond motifs is 1.